The van der Waals surface area contributed by atoms with Gasteiger partial charge in [0.15, 0.2) is 0 Å². The van der Waals surface area contributed by atoms with Crippen LogP contribution in [0.15, 0.2) is 34.1 Å². The quantitative estimate of drug-likeness (QED) is 0.801. The SMILES string of the molecule is O=C(O)CSc1nc(-c2ccccn2)no1. The molecule has 0 saturated carbocycles. The second-order valence-corrected chi connectivity index (χ2v) is 3.71. The maximum absolute atomic E-state index is 10.3. The number of hydrogen-bond acceptors (Lipinski definition) is 6. The van der Waals surface area contributed by atoms with Crippen molar-refractivity contribution < 1.29 is 14.4 Å². The second kappa shape index (κ2) is 4.75. The fraction of sp³-hybridized carbons (Fsp3) is 0.111. The summed E-state index contributed by atoms with van der Waals surface area (Å²) in [5.74, 6) is -0.680. The van der Waals surface area contributed by atoms with Gasteiger partial charge in [-0.1, -0.05) is 23.0 Å². The molecule has 0 aliphatic rings. The molecule has 16 heavy (non-hydrogen) atoms. The van der Waals surface area contributed by atoms with Gasteiger partial charge >= 0.3 is 5.97 Å². The predicted octanol–water partition coefficient (Wildman–Crippen LogP) is 1.31. The van der Waals surface area contributed by atoms with Crippen LogP contribution in [0.3, 0.4) is 0 Å². The Morgan fingerprint density at radius 3 is 3.06 bits per heavy atom. The van der Waals surface area contributed by atoms with Gasteiger partial charge in [-0.15, -0.1) is 0 Å². The van der Waals surface area contributed by atoms with E-state index in [2.05, 4.69) is 15.1 Å². The van der Waals surface area contributed by atoms with Crippen molar-refractivity contribution >= 4 is 17.7 Å². The van der Waals surface area contributed by atoms with Crippen LogP contribution < -0.4 is 0 Å². The molecule has 7 heteroatoms. The summed E-state index contributed by atoms with van der Waals surface area (Å²) in [7, 11) is 0. The van der Waals surface area contributed by atoms with E-state index in [-0.39, 0.29) is 11.0 Å². The van der Waals surface area contributed by atoms with Crippen molar-refractivity contribution in [2.24, 2.45) is 0 Å². The molecule has 0 aliphatic heterocycles. The lowest BCUT2D eigenvalue weighted by atomic mass is 10.3. The van der Waals surface area contributed by atoms with Crippen LogP contribution in [0.2, 0.25) is 0 Å². The van der Waals surface area contributed by atoms with Gasteiger partial charge in [0, 0.05) is 6.20 Å². The molecule has 0 bridgehead atoms. The fourth-order valence-corrected chi connectivity index (χ4v) is 1.48. The zero-order valence-electron chi connectivity index (χ0n) is 8.03. The molecule has 2 heterocycles. The summed E-state index contributed by atoms with van der Waals surface area (Å²) in [5, 5.41) is 12.4. The molecule has 0 saturated heterocycles. The van der Waals surface area contributed by atoms with E-state index >= 15 is 0 Å². The summed E-state index contributed by atoms with van der Waals surface area (Å²) in [6.45, 7) is 0. The Morgan fingerprint density at radius 1 is 1.50 bits per heavy atom. The van der Waals surface area contributed by atoms with Crippen LogP contribution in [0.5, 0.6) is 0 Å². The smallest absolute Gasteiger partial charge is 0.314 e. The zero-order valence-corrected chi connectivity index (χ0v) is 8.85. The first-order valence-corrected chi connectivity index (χ1v) is 5.34. The van der Waals surface area contributed by atoms with Gasteiger partial charge in [0.05, 0.1) is 0 Å². The van der Waals surface area contributed by atoms with E-state index in [0.29, 0.717) is 11.5 Å². The van der Waals surface area contributed by atoms with Crippen molar-refractivity contribution in [1.82, 2.24) is 15.1 Å². The van der Waals surface area contributed by atoms with Crippen LogP contribution in [-0.2, 0) is 4.79 Å². The van der Waals surface area contributed by atoms with Gasteiger partial charge in [-0.3, -0.25) is 9.78 Å². The van der Waals surface area contributed by atoms with E-state index in [4.69, 9.17) is 9.63 Å². The molecule has 0 fully saturated rings. The van der Waals surface area contributed by atoms with E-state index in [1.54, 1.807) is 18.3 Å². The first kappa shape index (κ1) is 10.6. The highest BCUT2D eigenvalue weighted by atomic mass is 32.2. The zero-order chi connectivity index (χ0) is 11.4. The molecule has 2 rings (SSSR count). The van der Waals surface area contributed by atoms with Crippen molar-refractivity contribution in [3.05, 3.63) is 24.4 Å². The predicted molar refractivity (Wildman–Crippen MR) is 55.9 cm³/mol. The first-order chi connectivity index (χ1) is 7.75. The highest BCUT2D eigenvalue weighted by Gasteiger charge is 2.10. The second-order valence-electron chi connectivity index (χ2n) is 2.78. The molecule has 0 unspecified atom stereocenters. The van der Waals surface area contributed by atoms with Gasteiger partial charge in [0.1, 0.15) is 11.4 Å². The Hall–Kier alpha value is -1.89. The molecular weight excluding hydrogens is 230 g/mol. The lowest BCUT2D eigenvalue weighted by Gasteiger charge is -1.89. The molecule has 2 aromatic heterocycles. The third-order valence-electron chi connectivity index (χ3n) is 1.62. The maximum atomic E-state index is 10.3. The summed E-state index contributed by atoms with van der Waals surface area (Å²) in [5.41, 5.74) is 0.591. The highest BCUT2D eigenvalue weighted by Crippen LogP contribution is 2.19. The number of pyridine rings is 1. The van der Waals surface area contributed by atoms with Crippen LogP contribution in [0.1, 0.15) is 0 Å². The van der Waals surface area contributed by atoms with Crippen molar-refractivity contribution in [3.63, 3.8) is 0 Å². The summed E-state index contributed by atoms with van der Waals surface area (Å²) < 4.78 is 4.87. The van der Waals surface area contributed by atoms with E-state index in [1.807, 2.05) is 6.07 Å². The molecule has 82 valence electrons. The van der Waals surface area contributed by atoms with E-state index in [0.717, 1.165) is 11.8 Å². The van der Waals surface area contributed by atoms with Crippen LogP contribution >= 0.6 is 11.8 Å². The molecule has 0 spiro atoms. The fourth-order valence-electron chi connectivity index (χ4n) is 0.991. The Balaban J connectivity index is 2.11. The monoisotopic (exact) mass is 237 g/mol. The van der Waals surface area contributed by atoms with Crippen LogP contribution in [0.4, 0.5) is 0 Å². The number of aromatic nitrogens is 3. The molecule has 6 nitrogen and oxygen atoms in total. The van der Waals surface area contributed by atoms with Gasteiger partial charge in [0.25, 0.3) is 5.22 Å². The van der Waals surface area contributed by atoms with Crippen molar-refractivity contribution in [1.29, 1.82) is 0 Å². The average Bonchev–Trinajstić information content (AvgIpc) is 2.76. The van der Waals surface area contributed by atoms with E-state index in [9.17, 15) is 4.79 Å². The Labute approximate surface area is 94.7 Å². The molecule has 0 aliphatic carbocycles. The van der Waals surface area contributed by atoms with Crippen molar-refractivity contribution in [2.75, 3.05) is 5.75 Å². The van der Waals surface area contributed by atoms with Crippen LogP contribution in [0.25, 0.3) is 11.5 Å². The number of thioether (sulfide) groups is 1. The summed E-state index contributed by atoms with van der Waals surface area (Å²) >= 11 is 0.976. The highest BCUT2D eigenvalue weighted by molar-refractivity contribution is 7.99. The Morgan fingerprint density at radius 2 is 2.38 bits per heavy atom. The number of carbonyl (C=O) groups is 1. The van der Waals surface area contributed by atoms with Gasteiger partial charge in [-0.05, 0) is 12.1 Å². The Bertz CT molecular complexity index is 486. The standard InChI is InChI=1S/C9H7N3O3S/c13-7(14)5-16-9-11-8(12-15-9)6-3-1-2-4-10-6/h1-4H,5H2,(H,13,14). The molecule has 0 aromatic carbocycles. The van der Waals surface area contributed by atoms with Crippen LogP contribution in [-0.4, -0.2) is 32.0 Å². The molecule has 0 atom stereocenters. The largest absolute Gasteiger partial charge is 0.481 e. The lowest BCUT2D eigenvalue weighted by Crippen LogP contribution is -1.97. The summed E-state index contributed by atoms with van der Waals surface area (Å²) in [6.07, 6.45) is 1.62. The molecule has 1 N–H and O–H groups in total. The molecule has 2 aromatic rings. The minimum absolute atomic E-state index is 0.107. The third-order valence-corrected chi connectivity index (χ3v) is 2.42. The van der Waals surface area contributed by atoms with Gasteiger partial charge in [-0.2, -0.15) is 4.98 Å². The number of nitrogens with zero attached hydrogens (tertiary/aromatic N) is 3. The number of rotatable bonds is 4. The molecular formula is C9H7N3O3S. The van der Waals surface area contributed by atoms with E-state index < -0.39 is 5.97 Å². The summed E-state index contributed by atoms with van der Waals surface area (Å²) in [4.78, 5) is 18.4. The Kier molecular flexibility index (Phi) is 3.16. The molecule has 0 radical (unpaired) electrons. The topological polar surface area (TPSA) is 89.1 Å². The minimum atomic E-state index is -0.928. The first-order valence-electron chi connectivity index (χ1n) is 4.35. The van der Waals surface area contributed by atoms with Crippen molar-refractivity contribution in [3.8, 4) is 11.5 Å². The maximum Gasteiger partial charge on any atom is 0.314 e. The number of aliphatic carboxylic acids is 1. The van der Waals surface area contributed by atoms with Gasteiger partial charge in [-0.25, -0.2) is 0 Å². The lowest BCUT2D eigenvalue weighted by molar-refractivity contribution is -0.133. The number of hydrogen-bond donors (Lipinski definition) is 1. The third kappa shape index (κ3) is 2.57. The normalized spacial score (nSPS) is 10.2. The molecule has 0 amide bonds. The number of carboxylic acids is 1. The minimum Gasteiger partial charge on any atom is -0.481 e. The average molecular weight is 237 g/mol. The van der Waals surface area contributed by atoms with Crippen molar-refractivity contribution in [2.45, 2.75) is 5.22 Å². The van der Waals surface area contributed by atoms with Gasteiger partial charge in [0.2, 0.25) is 5.82 Å². The number of carboxylic acid groups (broad SMARTS) is 1. The van der Waals surface area contributed by atoms with Crippen LogP contribution in [0, 0.1) is 0 Å². The summed E-state index contributed by atoms with van der Waals surface area (Å²) in [6, 6.07) is 5.34. The van der Waals surface area contributed by atoms with E-state index in [1.165, 1.54) is 0 Å². The van der Waals surface area contributed by atoms with Gasteiger partial charge < -0.3 is 9.63 Å².